The standard InChI is InChI=1S/C45H82N7O17P3S/c1-5-33(2)23-21-19-17-15-13-11-9-7-6-8-10-12-14-16-18-20-22-24-36(54)73-28-27-47-35(53)25-26-48-43(57)40(56)45(3,4)30-66-72(63,64)69-71(61,62)65-29-34-39(68-70(58,59)60)38(55)44(67-34)52-32-51-37-41(46)49-31-50-42(37)52/h31-34,38-40,44,55-56H,5-30H2,1-4H3,(H,47,53)(H,48,57)(H,61,62)(H,63,64)(H2,46,49,50)(H2,58,59,60). The van der Waals surface area contributed by atoms with Gasteiger partial charge in [-0.15, -0.1) is 0 Å². The molecule has 1 aliphatic rings. The summed E-state index contributed by atoms with van der Waals surface area (Å²) in [7, 11) is -16.4. The first-order valence-electron chi connectivity index (χ1n) is 25.5. The van der Waals surface area contributed by atoms with Gasteiger partial charge in [0, 0.05) is 37.1 Å². The van der Waals surface area contributed by atoms with Crippen LogP contribution in [-0.4, -0.2) is 123 Å². The maximum Gasteiger partial charge on any atom is 0.481 e. The van der Waals surface area contributed by atoms with Crippen LogP contribution in [0.5, 0.6) is 0 Å². The Bertz CT molecular complexity index is 2120. The van der Waals surface area contributed by atoms with Gasteiger partial charge in [0.1, 0.15) is 36.3 Å². The van der Waals surface area contributed by atoms with Crippen LogP contribution in [-0.2, 0) is 50.7 Å². The molecule has 8 unspecified atom stereocenters. The van der Waals surface area contributed by atoms with Crippen LogP contribution in [0.4, 0.5) is 5.82 Å². The topological polar surface area (TPSA) is 364 Å². The number of fused-ring (bicyclic) bond motifs is 1. The van der Waals surface area contributed by atoms with Crippen molar-refractivity contribution in [1.82, 2.24) is 30.2 Å². The van der Waals surface area contributed by atoms with Crippen molar-refractivity contribution in [2.75, 3.05) is 37.8 Å². The van der Waals surface area contributed by atoms with Gasteiger partial charge < -0.3 is 50.9 Å². The van der Waals surface area contributed by atoms with E-state index < -0.39 is 84.6 Å². The Labute approximate surface area is 433 Å². The average molecular weight is 1120 g/mol. The molecular weight excluding hydrogens is 1040 g/mol. The minimum Gasteiger partial charge on any atom is -0.386 e. The number of nitrogens with one attached hydrogen (secondary N) is 2. The summed E-state index contributed by atoms with van der Waals surface area (Å²) >= 11 is 1.16. The summed E-state index contributed by atoms with van der Waals surface area (Å²) in [6, 6.07) is 0. The van der Waals surface area contributed by atoms with E-state index in [4.69, 9.17) is 19.5 Å². The number of phosphoric acid groups is 3. The van der Waals surface area contributed by atoms with Gasteiger partial charge in [-0.25, -0.2) is 28.6 Å². The molecular formula is C45H82N7O17P3S. The number of aliphatic hydroxyl groups excluding tert-OH is 2. The Hall–Kier alpha value is -2.44. The Morgan fingerprint density at radius 2 is 1.38 bits per heavy atom. The van der Waals surface area contributed by atoms with E-state index in [2.05, 4.69) is 48.3 Å². The lowest BCUT2D eigenvalue weighted by molar-refractivity contribution is -0.137. The molecule has 2 aromatic heterocycles. The Balaban J connectivity index is 1.22. The molecule has 3 rings (SSSR count). The number of imidazole rings is 1. The number of carbonyl (C=O) groups excluding carboxylic acids is 3. The monoisotopic (exact) mass is 1120 g/mol. The molecule has 0 radical (unpaired) electrons. The molecule has 8 atom stereocenters. The van der Waals surface area contributed by atoms with Crippen LogP contribution in [0.3, 0.4) is 0 Å². The molecule has 10 N–H and O–H groups in total. The fourth-order valence-corrected chi connectivity index (χ4v) is 11.5. The van der Waals surface area contributed by atoms with Crippen LogP contribution in [0.1, 0.15) is 169 Å². The molecule has 1 aliphatic heterocycles. The largest absolute Gasteiger partial charge is 0.481 e. The number of anilines is 1. The zero-order chi connectivity index (χ0) is 54.1. The average Bonchev–Trinajstić information content (AvgIpc) is 3.89. The van der Waals surface area contributed by atoms with Crippen molar-refractivity contribution < 1.29 is 80.5 Å². The van der Waals surface area contributed by atoms with Gasteiger partial charge in [-0.3, -0.25) is 32.5 Å². The van der Waals surface area contributed by atoms with Crippen molar-refractivity contribution in [2.45, 2.75) is 193 Å². The molecule has 28 heteroatoms. The number of carbonyl (C=O) groups is 3. The lowest BCUT2D eigenvalue weighted by atomic mass is 9.87. The first kappa shape index (κ1) is 64.8. The number of phosphoric ester groups is 3. The van der Waals surface area contributed by atoms with Crippen LogP contribution in [0.15, 0.2) is 12.7 Å². The van der Waals surface area contributed by atoms with Gasteiger partial charge in [0.15, 0.2) is 22.8 Å². The maximum absolute atomic E-state index is 12.8. The molecule has 2 aromatic rings. The summed E-state index contributed by atoms with van der Waals surface area (Å²) < 4.78 is 62.5. The van der Waals surface area contributed by atoms with E-state index in [1.807, 2.05) is 0 Å². The summed E-state index contributed by atoms with van der Waals surface area (Å²) in [5.41, 5.74) is 4.30. The SMILES string of the molecule is CCC(C)CCCCCCCCCCCCCCCCCCCC(=O)SCCNC(=O)CCNC(=O)C(O)C(C)(C)COP(=O)(O)OP(=O)(O)OCC1OC(n2cnc3c(N)ncnc32)C(O)C1OP(=O)(O)O. The Morgan fingerprint density at radius 3 is 1.96 bits per heavy atom. The van der Waals surface area contributed by atoms with Gasteiger partial charge in [-0.05, 0) is 12.3 Å². The first-order chi connectivity index (χ1) is 34.4. The fourth-order valence-electron chi connectivity index (χ4n) is 7.99. The summed E-state index contributed by atoms with van der Waals surface area (Å²) in [4.78, 5) is 88.6. The molecule has 3 heterocycles. The van der Waals surface area contributed by atoms with E-state index in [1.165, 1.54) is 117 Å². The molecule has 1 saturated heterocycles. The third-order valence-electron chi connectivity index (χ3n) is 12.5. The normalized spacial score (nSPS) is 19.9. The highest BCUT2D eigenvalue weighted by Crippen LogP contribution is 2.61. The van der Waals surface area contributed by atoms with Crippen LogP contribution >= 0.6 is 35.2 Å². The van der Waals surface area contributed by atoms with E-state index in [9.17, 15) is 57.9 Å². The summed E-state index contributed by atoms with van der Waals surface area (Å²) in [6.45, 7) is 5.22. The number of ether oxygens (including phenoxy) is 1. The number of amides is 2. The van der Waals surface area contributed by atoms with E-state index in [-0.39, 0.29) is 41.6 Å². The molecule has 0 spiro atoms. The van der Waals surface area contributed by atoms with Gasteiger partial charge in [0.05, 0.1) is 19.5 Å². The number of hydrogen-bond donors (Lipinski definition) is 9. The van der Waals surface area contributed by atoms with Crippen molar-refractivity contribution in [1.29, 1.82) is 0 Å². The number of nitrogens with zero attached hydrogens (tertiary/aromatic N) is 4. The van der Waals surface area contributed by atoms with Gasteiger partial charge >= 0.3 is 23.5 Å². The quantitative estimate of drug-likeness (QED) is 0.0237. The maximum atomic E-state index is 12.8. The van der Waals surface area contributed by atoms with E-state index >= 15 is 0 Å². The summed E-state index contributed by atoms with van der Waals surface area (Å²) in [6.07, 6.45) is 18.0. The zero-order valence-electron chi connectivity index (χ0n) is 42.8. The highest BCUT2D eigenvalue weighted by molar-refractivity contribution is 8.13. The number of nitrogen functional groups attached to an aromatic ring is 1. The highest BCUT2D eigenvalue weighted by atomic mass is 32.2. The number of nitrogens with two attached hydrogens (primary N) is 1. The van der Waals surface area contributed by atoms with E-state index in [0.29, 0.717) is 12.2 Å². The van der Waals surface area contributed by atoms with Crippen molar-refractivity contribution in [3.8, 4) is 0 Å². The molecule has 0 aromatic carbocycles. The predicted octanol–water partition coefficient (Wildman–Crippen LogP) is 7.12. The molecule has 420 valence electrons. The third kappa shape index (κ3) is 25.5. The lowest BCUT2D eigenvalue weighted by Crippen LogP contribution is -2.46. The number of aliphatic hydroxyl groups is 2. The van der Waals surface area contributed by atoms with Crippen molar-refractivity contribution in [2.24, 2.45) is 11.3 Å². The van der Waals surface area contributed by atoms with Gasteiger partial charge in [0.2, 0.25) is 11.8 Å². The summed E-state index contributed by atoms with van der Waals surface area (Å²) in [5.74, 6) is -0.137. The molecule has 0 aliphatic carbocycles. The Kier molecular flexibility index (Phi) is 29.3. The number of aromatic nitrogens is 4. The summed E-state index contributed by atoms with van der Waals surface area (Å²) in [5, 5.41) is 26.7. The minimum atomic E-state index is -5.58. The van der Waals surface area contributed by atoms with Crippen molar-refractivity contribution >= 4 is 69.1 Å². The highest BCUT2D eigenvalue weighted by Gasteiger charge is 2.50. The minimum absolute atomic E-state index is 0.0344. The number of unbranched alkanes of at least 4 members (excludes halogenated alkanes) is 16. The smallest absolute Gasteiger partial charge is 0.386 e. The van der Waals surface area contributed by atoms with Gasteiger partial charge in [-0.1, -0.05) is 155 Å². The van der Waals surface area contributed by atoms with Crippen LogP contribution < -0.4 is 16.4 Å². The van der Waals surface area contributed by atoms with Gasteiger partial charge in [0.25, 0.3) is 0 Å². The number of hydrogen-bond acceptors (Lipinski definition) is 18. The van der Waals surface area contributed by atoms with Gasteiger partial charge in [-0.2, -0.15) is 4.31 Å². The molecule has 0 bridgehead atoms. The fraction of sp³-hybridized carbons (Fsp3) is 0.822. The van der Waals surface area contributed by atoms with Crippen molar-refractivity contribution in [3.63, 3.8) is 0 Å². The molecule has 2 amide bonds. The number of thioether (sulfide) groups is 1. The second-order valence-corrected chi connectivity index (χ2v) is 24.7. The molecule has 24 nitrogen and oxygen atoms in total. The third-order valence-corrected chi connectivity index (χ3v) is 16.6. The van der Waals surface area contributed by atoms with Crippen molar-refractivity contribution in [3.05, 3.63) is 12.7 Å². The Morgan fingerprint density at radius 1 is 0.822 bits per heavy atom. The molecule has 0 saturated carbocycles. The lowest BCUT2D eigenvalue weighted by Gasteiger charge is -2.30. The van der Waals surface area contributed by atoms with Crippen LogP contribution in [0.2, 0.25) is 0 Å². The second-order valence-electron chi connectivity index (χ2n) is 19.4. The predicted molar refractivity (Wildman–Crippen MR) is 274 cm³/mol. The second kappa shape index (κ2) is 33.0. The molecule has 1 fully saturated rings. The number of rotatable bonds is 40. The molecule has 73 heavy (non-hydrogen) atoms. The van der Waals surface area contributed by atoms with E-state index in [1.54, 1.807) is 0 Å². The van der Waals surface area contributed by atoms with E-state index in [0.717, 1.165) is 54.2 Å². The van der Waals surface area contributed by atoms with Crippen LogP contribution in [0, 0.1) is 11.3 Å². The van der Waals surface area contributed by atoms with Crippen LogP contribution in [0.25, 0.3) is 11.2 Å². The zero-order valence-corrected chi connectivity index (χ0v) is 46.3. The first-order valence-corrected chi connectivity index (χ1v) is 31.0.